The van der Waals surface area contributed by atoms with Crippen molar-refractivity contribution in [3.05, 3.63) is 59.4 Å². The van der Waals surface area contributed by atoms with Gasteiger partial charge in [0.05, 0.1) is 6.42 Å². The lowest BCUT2D eigenvalue weighted by atomic mass is 9.98. The van der Waals surface area contributed by atoms with Gasteiger partial charge in [0.1, 0.15) is 0 Å². The summed E-state index contributed by atoms with van der Waals surface area (Å²) in [7, 11) is 0. The third-order valence-corrected chi connectivity index (χ3v) is 3.32. The number of rotatable bonds is 3. The Hall–Kier alpha value is -2.40. The van der Waals surface area contributed by atoms with Crippen molar-refractivity contribution in [3.63, 3.8) is 0 Å². The number of hydrogen-bond acceptors (Lipinski definition) is 3. The van der Waals surface area contributed by atoms with Gasteiger partial charge in [-0.3, -0.25) is 9.78 Å². The van der Waals surface area contributed by atoms with Gasteiger partial charge in [0.25, 0.3) is 0 Å². The number of carbonyl (C=O) groups is 1. The number of amides is 1. The topological polar surface area (TPSA) is 85.5 Å². The molecule has 0 aliphatic carbocycles. The predicted octanol–water partition coefficient (Wildman–Crippen LogP) is 1.04. The summed E-state index contributed by atoms with van der Waals surface area (Å²) < 4.78 is 0. The highest BCUT2D eigenvalue weighted by atomic mass is 16.1. The number of pyridine rings is 1. The molecule has 0 spiro atoms. The van der Waals surface area contributed by atoms with E-state index in [-0.39, 0.29) is 11.4 Å². The van der Waals surface area contributed by atoms with Gasteiger partial charge in [-0.05, 0) is 34.9 Å². The van der Waals surface area contributed by atoms with Crippen LogP contribution in [0.15, 0.2) is 42.7 Å². The maximum Gasteiger partial charge on any atom is 0.224 e. The van der Waals surface area contributed by atoms with Crippen LogP contribution in [0.1, 0.15) is 16.7 Å². The molecule has 0 bridgehead atoms. The van der Waals surface area contributed by atoms with Crippen molar-refractivity contribution >= 4 is 11.6 Å². The van der Waals surface area contributed by atoms with Crippen molar-refractivity contribution in [2.75, 3.05) is 5.32 Å². The zero-order chi connectivity index (χ0) is 13.1. The number of aromatic nitrogens is 1. The number of anilines is 1. The first-order valence-corrected chi connectivity index (χ1v) is 6.33. The number of fused-ring (bicyclic) bond motifs is 1. The number of carbonyl (C=O) groups excluding carboxylic acids is 1. The Balaban J connectivity index is 0.00000147. The number of nitrogens with one attached hydrogen (secondary N) is 2. The van der Waals surface area contributed by atoms with E-state index in [4.69, 9.17) is 0 Å². The molecule has 5 heteroatoms. The molecule has 1 aliphatic rings. The van der Waals surface area contributed by atoms with Gasteiger partial charge in [0, 0.05) is 31.2 Å². The van der Waals surface area contributed by atoms with E-state index >= 15 is 0 Å². The molecular weight excluding hydrogens is 254 g/mol. The van der Waals surface area contributed by atoms with Crippen LogP contribution in [0.4, 0.5) is 5.69 Å². The molecule has 5 nitrogen and oxygen atoms in total. The summed E-state index contributed by atoms with van der Waals surface area (Å²) in [6.45, 7) is 1.36. The van der Waals surface area contributed by atoms with E-state index in [0.29, 0.717) is 13.0 Å². The van der Waals surface area contributed by atoms with Crippen molar-refractivity contribution in [2.24, 2.45) is 0 Å². The number of benzene rings is 1. The standard InChI is InChI=1S/C15H15N3O.H2O/c19-15-8-13-12(10-18-15)2-1-3-14(13)17-9-11-4-6-16-7-5-11;/h1-7,17H,8-10H2,(H,18,19);1H2. The highest BCUT2D eigenvalue weighted by Crippen LogP contribution is 2.23. The molecule has 0 unspecified atom stereocenters. The third-order valence-electron chi connectivity index (χ3n) is 3.32. The van der Waals surface area contributed by atoms with Crippen LogP contribution in [0, 0.1) is 0 Å². The number of nitrogens with zero attached hydrogens (tertiary/aromatic N) is 1. The average Bonchev–Trinajstić information content (AvgIpc) is 2.46. The summed E-state index contributed by atoms with van der Waals surface area (Å²) in [4.78, 5) is 15.5. The molecule has 0 saturated carbocycles. The first kappa shape index (κ1) is 14.0. The van der Waals surface area contributed by atoms with Crippen molar-refractivity contribution in [1.82, 2.24) is 10.3 Å². The van der Waals surface area contributed by atoms with Gasteiger partial charge >= 0.3 is 0 Å². The summed E-state index contributed by atoms with van der Waals surface area (Å²) in [6.07, 6.45) is 4.02. The quantitative estimate of drug-likeness (QED) is 0.874. The Kier molecular flexibility index (Phi) is 4.32. The smallest absolute Gasteiger partial charge is 0.224 e. The molecule has 1 aliphatic heterocycles. The molecule has 20 heavy (non-hydrogen) atoms. The summed E-state index contributed by atoms with van der Waals surface area (Å²) in [5, 5.41) is 6.27. The second-order valence-corrected chi connectivity index (χ2v) is 4.61. The Morgan fingerprint density at radius 3 is 2.80 bits per heavy atom. The molecule has 104 valence electrons. The van der Waals surface area contributed by atoms with E-state index < -0.39 is 0 Å². The largest absolute Gasteiger partial charge is 0.412 e. The summed E-state index contributed by atoms with van der Waals surface area (Å²) in [5.41, 5.74) is 4.52. The molecule has 0 atom stereocenters. The minimum atomic E-state index is 0. The van der Waals surface area contributed by atoms with Crippen LogP contribution in [0.25, 0.3) is 0 Å². The Morgan fingerprint density at radius 1 is 1.20 bits per heavy atom. The fourth-order valence-electron chi connectivity index (χ4n) is 2.29. The minimum absolute atomic E-state index is 0. The van der Waals surface area contributed by atoms with Gasteiger partial charge in [-0.2, -0.15) is 0 Å². The Bertz CT molecular complexity index is 599. The molecular formula is C15H17N3O2. The highest BCUT2D eigenvalue weighted by Gasteiger charge is 2.17. The van der Waals surface area contributed by atoms with E-state index in [9.17, 15) is 4.79 Å². The van der Waals surface area contributed by atoms with Gasteiger partial charge in [0.15, 0.2) is 0 Å². The SMILES string of the molecule is O.O=C1Cc2c(cccc2NCc2ccncc2)CN1. The van der Waals surface area contributed by atoms with Crippen LogP contribution in [0.3, 0.4) is 0 Å². The molecule has 2 heterocycles. The van der Waals surface area contributed by atoms with E-state index in [1.54, 1.807) is 12.4 Å². The van der Waals surface area contributed by atoms with E-state index in [1.807, 2.05) is 24.3 Å². The molecule has 0 radical (unpaired) electrons. The monoisotopic (exact) mass is 271 g/mol. The molecule has 0 saturated heterocycles. The molecule has 0 fully saturated rings. The number of hydrogen-bond donors (Lipinski definition) is 2. The van der Waals surface area contributed by atoms with Crippen LogP contribution in [-0.2, 0) is 24.3 Å². The lowest BCUT2D eigenvalue weighted by molar-refractivity contribution is -0.121. The summed E-state index contributed by atoms with van der Waals surface area (Å²) in [5.74, 6) is 0.0886. The molecule has 3 rings (SSSR count). The molecule has 4 N–H and O–H groups in total. The summed E-state index contributed by atoms with van der Waals surface area (Å²) >= 11 is 0. The second-order valence-electron chi connectivity index (χ2n) is 4.61. The van der Waals surface area contributed by atoms with Gasteiger partial charge in [-0.15, -0.1) is 0 Å². The van der Waals surface area contributed by atoms with E-state index in [2.05, 4.69) is 21.7 Å². The van der Waals surface area contributed by atoms with Crippen LogP contribution in [0.5, 0.6) is 0 Å². The molecule has 1 aromatic heterocycles. The Morgan fingerprint density at radius 2 is 2.00 bits per heavy atom. The van der Waals surface area contributed by atoms with Crippen molar-refractivity contribution in [2.45, 2.75) is 19.5 Å². The Labute approximate surface area is 117 Å². The van der Waals surface area contributed by atoms with Gasteiger partial charge in [0.2, 0.25) is 5.91 Å². The van der Waals surface area contributed by atoms with Crippen molar-refractivity contribution < 1.29 is 10.3 Å². The van der Waals surface area contributed by atoms with Crippen molar-refractivity contribution in [3.8, 4) is 0 Å². The van der Waals surface area contributed by atoms with Crippen LogP contribution >= 0.6 is 0 Å². The maximum atomic E-state index is 11.5. The molecule has 2 aromatic rings. The van der Waals surface area contributed by atoms with Gasteiger partial charge in [-0.1, -0.05) is 12.1 Å². The lowest BCUT2D eigenvalue weighted by Crippen LogP contribution is -2.30. The highest BCUT2D eigenvalue weighted by molar-refractivity contribution is 5.83. The predicted molar refractivity (Wildman–Crippen MR) is 77.2 cm³/mol. The van der Waals surface area contributed by atoms with Gasteiger partial charge < -0.3 is 16.1 Å². The zero-order valence-corrected chi connectivity index (χ0v) is 11.0. The first-order chi connectivity index (χ1) is 9.33. The minimum Gasteiger partial charge on any atom is -0.412 e. The fraction of sp³-hybridized carbons (Fsp3) is 0.200. The fourth-order valence-corrected chi connectivity index (χ4v) is 2.29. The lowest BCUT2D eigenvalue weighted by Gasteiger charge is -2.20. The summed E-state index contributed by atoms with van der Waals surface area (Å²) in [6, 6.07) is 10.1. The molecule has 1 aromatic carbocycles. The van der Waals surface area contributed by atoms with Crippen LogP contribution in [-0.4, -0.2) is 16.4 Å². The van der Waals surface area contributed by atoms with Crippen LogP contribution in [0.2, 0.25) is 0 Å². The van der Waals surface area contributed by atoms with Crippen molar-refractivity contribution in [1.29, 1.82) is 0 Å². The average molecular weight is 271 g/mol. The van der Waals surface area contributed by atoms with E-state index in [0.717, 1.165) is 17.8 Å². The maximum absolute atomic E-state index is 11.5. The zero-order valence-electron chi connectivity index (χ0n) is 11.0. The first-order valence-electron chi connectivity index (χ1n) is 6.33. The normalized spacial score (nSPS) is 12.9. The van der Waals surface area contributed by atoms with Gasteiger partial charge in [-0.25, -0.2) is 0 Å². The third kappa shape index (κ3) is 2.95. The second kappa shape index (κ2) is 6.16. The van der Waals surface area contributed by atoms with E-state index in [1.165, 1.54) is 11.1 Å². The molecule has 1 amide bonds. The van der Waals surface area contributed by atoms with Crippen LogP contribution < -0.4 is 10.6 Å².